The smallest absolute Gasteiger partial charge is 0.328 e. The van der Waals surface area contributed by atoms with Crippen LogP contribution in [0.3, 0.4) is 0 Å². The van der Waals surface area contributed by atoms with Crippen molar-refractivity contribution in [3.63, 3.8) is 0 Å². The summed E-state index contributed by atoms with van der Waals surface area (Å²) in [6, 6.07) is -0.496. The molecule has 13 heteroatoms. The maximum Gasteiger partial charge on any atom is 0.328 e. The number of rotatable bonds is 1. The number of sulfone groups is 1. The van der Waals surface area contributed by atoms with Crippen LogP contribution in [0.4, 0.5) is 14.9 Å². The van der Waals surface area contributed by atoms with Crippen LogP contribution >= 0.6 is 0 Å². The van der Waals surface area contributed by atoms with E-state index >= 15 is 4.39 Å². The van der Waals surface area contributed by atoms with E-state index in [0.717, 1.165) is 6.26 Å². The Morgan fingerprint density at radius 3 is 2.50 bits per heavy atom. The molecule has 170 valence electrons. The van der Waals surface area contributed by atoms with Gasteiger partial charge in [-0.25, -0.2) is 17.6 Å². The summed E-state index contributed by atoms with van der Waals surface area (Å²) >= 11 is 0. The molecule has 4 heterocycles. The van der Waals surface area contributed by atoms with Crippen LogP contribution in [0.15, 0.2) is 15.6 Å². The van der Waals surface area contributed by atoms with Crippen LogP contribution in [-0.2, 0) is 30.6 Å². The summed E-state index contributed by atoms with van der Waals surface area (Å²) < 4.78 is 50.8. The quantitative estimate of drug-likeness (QED) is 0.565. The van der Waals surface area contributed by atoms with Gasteiger partial charge in [0.1, 0.15) is 0 Å². The normalized spacial score (nSPS) is 27.2. The van der Waals surface area contributed by atoms with Gasteiger partial charge in [0.15, 0.2) is 21.1 Å². The molecular formula is C19H19FN4O7S. The van der Waals surface area contributed by atoms with Gasteiger partial charge in [-0.15, -0.1) is 0 Å². The van der Waals surface area contributed by atoms with Crippen molar-refractivity contribution in [2.45, 2.75) is 43.5 Å². The van der Waals surface area contributed by atoms with Crippen molar-refractivity contribution in [2.24, 2.45) is 5.41 Å². The molecule has 5 rings (SSSR count). The predicted molar refractivity (Wildman–Crippen MR) is 106 cm³/mol. The number of amides is 4. The number of carbonyl (C=O) groups excluding carboxylic acids is 3. The second-order valence-electron chi connectivity index (χ2n) is 8.47. The van der Waals surface area contributed by atoms with Gasteiger partial charge in [-0.3, -0.25) is 20.2 Å². The van der Waals surface area contributed by atoms with E-state index in [2.05, 4.69) is 15.8 Å². The topological polar surface area (TPSA) is 148 Å². The minimum Gasteiger partial charge on any atom is -0.372 e. The van der Waals surface area contributed by atoms with Gasteiger partial charge in [-0.05, 0) is 25.5 Å². The molecule has 4 amide bonds. The molecule has 3 aliphatic heterocycles. The molecule has 2 N–H and O–H groups in total. The van der Waals surface area contributed by atoms with E-state index in [1.54, 1.807) is 18.7 Å². The second kappa shape index (κ2) is 6.48. The molecule has 0 saturated carbocycles. The maximum atomic E-state index is 15.7. The lowest BCUT2D eigenvalue weighted by atomic mass is 9.66. The largest absolute Gasteiger partial charge is 0.372 e. The second-order valence-corrected chi connectivity index (χ2v) is 10.4. The summed E-state index contributed by atoms with van der Waals surface area (Å²) in [5.41, 5.74) is -1.83. The summed E-state index contributed by atoms with van der Waals surface area (Å²) in [6.45, 7) is 3.59. The number of nitrogens with zero attached hydrogens (tertiary/aromatic N) is 2. The number of benzene rings is 1. The molecule has 11 nitrogen and oxygen atoms in total. The van der Waals surface area contributed by atoms with Gasteiger partial charge in [0.05, 0.1) is 29.3 Å². The van der Waals surface area contributed by atoms with E-state index in [1.165, 1.54) is 6.07 Å². The number of nitrogens with one attached hydrogen (secondary N) is 2. The molecule has 1 aromatic heterocycles. The highest BCUT2D eigenvalue weighted by atomic mass is 32.2. The van der Waals surface area contributed by atoms with E-state index in [-0.39, 0.29) is 41.3 Å². The molecule has 0 unspecified atom stereocenters. The summed E-state index contributed by atoms with van der Waals surface area (Å²) in [6.07, 6.45) is -0.402. The molecule has 3 aliphatic rings. The van der Waals surface area contributed by atoms with Gasteiger partial charge in [0.2, 0.25) is 22.4 Å². The van der Waals surface area contributed by atoms with Gasteiger partial charge >= 0.3 is 6.03 Å². The number of halogens is 1. The number of aromatic nitrogens is 1. The number of fused-ring (bicyclic) bond motifs is 5. The van der Waals surface area contributed by atoms with Crippen molar-refractivity contribution >= 4 is 44.3 Å². The highest BCUT2D eigenvalue weighted by Crippen LogP contribution is 2.49. The number of morpholine rings is 1. The van der Waals surface area contributed by atoms with Gasteiger partial charge < -0.3 is 14.2 Å². The Labute approximate surface area is 181 Å². The molecule has 32 heavy (non-hydrogen) atoms. The molecule has 0 bridgehead atoms. The number of imide groups is 2. The Bertz CT molecular complexity index is 1300. The van der Waals surface area contributed by atoms with Gasteiger partial charge in [-0.1, -0.05) is 5.16 Å². The zero-order valence-electron chi connectivity index (χ0n) is 17.3. The third-order valence-corrected chi connectivity index (χ3v) is 7.28. The SMILES string of the molecule is C[C@H]1CN2c3c(cc4c(S(C)(=O)=O)noc4c3F)CC3(C(=O)NC(=O)NC3=O)[C@@H]2[C@@H](C)O1. The van der Waals surface area contributed by atoms with E-state index in [0.29, 0.717) is 0 Å². The van der Waals surface area contributed by atoms with E-state index < -0.39 is 56.1 Å². The molecular weight excluding hydrogens is 447 g/mol. The summed E-state index contributed by atoms with van der Waals surface area (Å²) in [5.74, 6) is -2.49. The van der Waals surface area contributed by atoms with Gasteiger partial charge in [0.25, 0.3) is 0 Å². The molecule has 1 aromatic carbocycles. The van der Waals surface area contributed by atoms with Crippen LogP contribution in [0.2, 0.25) is 0 Å². The fourth-order valence-corrected chi connectivity index (χ4v) is 5.92. The third kappa shape index (κ3) is 2.64. The Balaban J connectivity index is 1.81. The zero-order chi connectivity index (χ0) is 23.2. The first-order valence-electron chi connectivity index (χ1n) is 9.85. The Hall–Kier alpha value is -3.06. The standard InChI is InChI=1S/C19H19FN4O7S/c1-7-6-24-12-9(4-10-13(11(12)20)31-23-15(10)32(3,28)29)5-19(14(24)8(2)30-7)16(25)21-18(27)22-17(19)26/h4,7-8,14H,5-6H2,1-3H3,(H2,21,22,25,26,27)/t7-,8+,14-/m0/s1. The number of hydrogen-bond acceptors (Lipinski definition) is 9. The first kappa shape index (κ1) is 20.8. The number of carbonyl (C=O) groups is 3. The van der Waals surface area contributed by atoms with Crippen molar-refractivity contribution in [3.8, 4) is 0 Å². The predicted octanol–water partition coefficient (Wildman–Crippen LogP) is 0.261. The fourth-order valence-electron chi connectivity index (χ4n) is 5.19. The van der Waals surface area contributed by atoms with Crippen molar-refractivity contribution in [2.75, 3.05) is 17.7 Å². The number of barbiturate groups is 1. The van der Waals surface area contributed by atoms with Crippen molar-refractivity contribution in [1.29, 1.82) is 0 Å². The highest BCUT2D eigenvalue weighted by Gasteiger charge is 2.63. The molecule has 2 saturated heterocycles. The average molecular weight is 466 g/mol. The Kier molecular flexibility index (Phi) is 4.22. The Morgan fingerprint density at radius 1 is 1.22 bits per heavy atom. The first-order chi connectivity index (χ1) is 14.9. The summed E-state index contributed by atoms with van der Waals surface area (Å²) in [7, 11) is -3.84. The first-order valence-corrected chi connectivity index (χ1v) is 11.7. The van der Waals surface area contributed by atoms with Crippen LogP contribution in [0.5, 0.6) is 0 Å². The maximum absolute atomic E-state index is 15.7. The fraction of sp³-hybridized carbons (Fsp3) is 0.474. The minimum atomic E-state index is -3.84. The Morgan fingerprint density at radius 2 is 1.88 bits per heavy atom. The third-order valence-electron chi connectivity index (χ3n) is 6.28. The van der Waals surface area contributed by atoms with Crippen molar-refractivity contribution in [1.82, 2.24) is 15.8 Å². The minimum absolute atomic E-state index is 0.0839. The average Bonchev–Trinajstić information content (AvgIpc) is 3.10. The van der Waals surface area contributed by atoms with E-state index in [1.807, 2.05) is 0 Å². The van der Waals surface area contributed by atoms with Gasteiger partial charge in [-0.2, -0.15) is 0 Å². The number of urea groups is 1. The number of anilines is 1. The molecule has 2 fully saturated rings. The molecule has 0 aliphatic carbocycles. The van der Waals surface area contributed by atoms with Crippen molar-refractivity contribution < 1.29 is 36.5 Å². The van der Waals surface area contributed by atoms with Crippen LogP contribution < -0.4 is 15.5 Å². The highest BCUT2D eigenvalue weighted by molar-refractivity contribution is 7.90. The molecule has 1 spiro atoms. The lowest BCUT2D eigenvalue weighted by molar-refractivity contribution is -0.153. The number of hydrogen-bond donors (Lipinski definition) is 2. The zero-order valence-corrected chi connectivity index (χ0v) is 18.1. The lowest BCUT2D eigenvalue weighted by Crippen LogP contribution is -2.75. The van der Waals surface area contributed by atoms with Crippen LogP contribution in [0.25, 0.3) is 11.0 Å². The van der Waals surface area contributed by atoms with Crippen molar-refractivity contribution in [3.05, 3.63) is 17.4 Å². The van der Waals surface area contributed by atoms with Crippen LogP contribution in [0.1, 0.15) is 19.4 Å². The van der Waals surface area contributed by atoms with Gasteiger partial charge in [0, 0.05) is 19.2 Å². The van der Waals surface area contributed by atoms with Crippen LogP contribution in [0, 0.1) is 11.2 Å². The molecule has 0 radical (unpaired) electrons. The molecule has 2 aromatic rings. The van der Waals surface area contributed by atoms with E-state index in [9.17, 15) is 22.8 Å². The monoisotopic (exact) mass is 466 g/mol. The van der Waals surface area contributed by atoms with E-state index in [4.69, 9.17) is 9.26 Å². The lowest BCUT2D eigenvalue weighted by Gasteiger charge is -2.55. The van der Waals surface area contributed by atoms with Crippen LogP contribution in [-0.4, -0.2) is 62.5 Å². The number of ether oxygens (including phenoxy) is 1. The summed E-state index contributed by atoms with van der Waals surface area (Å²) in [4.78, 5) is 39.5. The molecule has 3 atom stereocenters. The summed E-state index contributed by atoms with van der Waals surface area (Å²) in [5, 5.41) is 7.27.